The minimum atomic E-state index is -0.559. The number of carbonyl (C=O) groups is 2. The molecule has 1 aliphatic heterocycles. The van der Waals surface area contributed by atoms with E-state index in [-0.39, 0.29) is 12.6 Å². The van der Waals surface area contributed by atoms with Crippen LogP contribution in [-0.4, -0.2) is 25.2 Å². The highest BCUT2D eigenvalue weighted by Crippen LogP contribution is 2.28. The molecule has 1 unspecified atom stereocenters. The number of benzene rings is 1. The van der Waals surface area contributed by atoms with Crippen LogP contribution >= 0.6 is 0 Å². The van der Waals surface area contributed by atoms with Crippen molar-refractivity contribution in [3.05, 3.63) is 53.8 Å². The molecule has 0 fully saturated rings. The quantitative estimate of drug-likeness (QED) is 0.624. The molecule has 0 aliphatic carbocycles. The Hall–Kier alpha value is -2.76. The van der Waals surface area contributed by atoms with Crippen LogP contribution in [0, 0.1) is 0 Å². The molecule has 1 heterocycles. The highest BCUT2D eigenvalue weighted by Gasteiger charge is 2.31. The Morgan fingerprint density at radius 3 is 2.65 bits per heavy atom. The largest absolute Gasteiger partial charge is 0.490 e. The van der Waals surface area contributed by atoms with Crippen molar-refractivity contribution in [2.45, 2.75) is 19.9 Å². The van der Waals surface area contributed by atoms with E-state index >= 15 is 0 Å². The maximum Gasteiger partial charge on any atom is 0.338 e. The lowest BCUT2D eigenvalue weighted by atomic mass is 9.95. The van der Waals surface area contributed by atoms with Crippen LogP contribution in [0.1, 0.15) is 25.5 Å². The fraction of sp³-hybridized carbons (Fsp3) is 0.294. The molecule has 1 aromatic rings. The van der Waals surface area contributed by atoms with Crippen molar-refractivity contribution < 1.29 is 19.1 Å². The maximum absolute atomic E-state index is 12.2. The molecule has 0 radical (unpaired) electrons. The number of esters is 1. The topological polar surface area (TPSA) is 76.7 Å². The Labute approximate surface area is 135 Å². The number of carbonyl (C=O) groups excluding carboxylic acids is 2. The molecule has 0 saturated carbocycles. The van der Waals surface area contributed by atoms with E-state index < -0.39 is 12.0 Å². The standard InChI is InChI=1S/C17H20N2O4/c1-4-10-23-13-8-6-12(7-9-13)15-14(16(20)22-5-2)11(3)18-17(21)19-15/h4,6-9,15H,1,5,10H2,2-3H3,(H2,18,19,21). The first-order chi connectivity index (χ1) is 11.1. The van der Waals surface area contributed by atoms with Crippen molar-refractivity contribution in [2.24, 2.45) is 0 Å². The summed E-state index contributed by atoms with van der Waals surface area (Å²) in [6.45, 7) is 7.69. The predicted molar refractivity (Wildman–Crippen MR) is 85.9 cm³/mol. The summed E-state index contributed by atoms with van der Waals surface area (Å²) in [5.41, 5.74) is 1.66. The van der Waals surface area contributed by atoms with Crippen molar-refractivity contribution in [3.8, 4) is 5.75 Å². The van der Waals surface area contributed by atoms with Crippen LogP contribution in [0.15, 0.2) is 48.2 Å². The lowest BCUT2D eigenvalue weighted by Crippen LogP contribution is -2.45. The molecular weight excluding hydrogens is 296 g/mol. The van der Waals surface area contributed by atoms with E-state index in [0.717, 1.165) is 5.56 Å². The van der Waals surface area contributed by atoms with Crippen LogP contribution in [-0.2, 0) is 9.53 Å². The van der Waals surface area contributed by atoms with Crippen LogP contribution < -0.4 is 15.4 Å². The van der Waals surface area contributed by atoms with E-state index in [1.54, 1.807) is 44.2 Å². The number of nitrogens with one attached hydrogen (secondary N) is 2. The second-order valence-corrected chi connectivity index (χ2v) is 4.96. The second-order valence-electron chi connectivity index (χ2n) is 4.96. The van der Waals surface area contributed by atoms with Gasteiger partial charge in [0, 0.05) is 5.70 Å². The summed E-state index contributed by atoms with van der Waals surface area (Å²) in [5.74, 6) is 0.238. The molecule has 122 valence electrons. The number of hydrogen-bond donors (Lipinski definition) is 2. The Kier molecular flexibility index (Phi) is 5.41. The molecule has 2 rings (SSSR count). The molecule has 6 heteroatoms. The third kappa shape index (κ3) is 3.91. The first-order valence-electron chi connectivity index (χ1n) is 7.35. The van der Waals surface area contributed by atoms with E-state index in [1.165, 1.54) is 0 Å². The minimum Gasteiger partial charge on any atom is -0.490 e. The zero-order valence-electron chi connectivity index (χ0n) is 13.2. The normalized spacial score (nSPS) is 17.1. The fourth-order valence-electron chi connectivity index (χ4n) is 2.33. The predicted octanol–water partition coefficient (Wildman–Crippen LogP) is 2.44. The highest BCUT2D eigenvalue weighted by molar-refractivity contribution is 5.95. The number of ether oxygens (including phenoxy) is 2. The molecule has 1 aliphatic rings. The number of urea groups is 1. The van der Waals surface area contributed by atoms with Crippen molar-refractivity contribution in [1.82, 2.24) is 10.6 Å². The van der Waals surface area contributed by atoms with Gasteiger partial charge >= 0.3 is 12.0 Å². The molecule has 0 saturated heterocycles. The molecule has 2 amide bonds. The highest BCUT2D eigenvalue weighted by atomic mass is 16.5. The number of amides is 2. The van der Waals surface area contributed by atoms with Crippen LogP contribution in [0.2, 0.25) is 0 Å². The molecule has 0 bridgehead atoms. The Balaban J connectivity index is 2.30. The Morgan fingerprint density at radius 2 is 2.04 bits per heavy atom. The number of rotatable bonds is 6. The average molecular weight is 316 g/mol. The number of allylic oxidation sites excluding steroid dienone is 1. The molecule has 23 heavy (non-hydrogen) atoms. The summed E-state index contributed by atoms with van der Waals surface area (Å²) in [7, 11) is 0. The van der Waals surface area contributed by atoms with E-state index in [4.69, 9.17) is 9.47 Å². The van der Waals surface area contributed by atoms with Gasteiger partial charge in [0.05, 0.1) is 18.2 Å². The lowest BCUT2D eigenvalue weighted by molar-refractivity contribution is -0.139. The smallest absolute Gasteiger partial charge is 0.338 e. The third-order valence-corrected chi connectivity index (χ3v) is 3.35. The zero-order chi connectivity index (χ0) is 16.8. The summed E-state index contributed by atoms with van der Waals surface area (Å²) in [4.78, 5) is 23.9. The first-order valence-corrected chi connectivity index (χ1v) is 7.35. The second kappa shape index (κ2) is 7.49. The zero-order valence-corrected chi connectivity index (χ0v) is 13.2. The van der Waals surface area contributed by atoms with Gasteiger partial charge in [0.25, 0.3) is 0 Å². The van der Waals surface area contributed by atoms with Crippen molar-refractivity contribution in [2.75, 3.05) is 13.2 Å². The minimum absolute atomic E-state index is 0.268. The molecule has 0 aromatic heterocycles. The van der Waals surface area contributed by atoms with Crippen molar-refractivity contribution >= 4 is 12.0 Å². The lowest BCUT2D eigenvalue weighted by Gasteiger charge is -2.28. The van der Waals surface area contributed by atoms with Crippen LogP contribution in [0.3, 0.4) is 0 Å². The van der Waals surface area contributed by atoms with Crippen LogP contribution in [0.4, 0.5) is 4.79 Å². The van der Waals surface area contributed by atoms with Crippen LogP contribution in [0.25, 0.3) is 0 Å². The van der Waals surface area contributed by atoms with E-state index in [9.17, 15) is 9.59 Å². The fourth-order valence-corrected chi connectivity index (χ4v) is 2.33. The first kappa shape index (κ1) is 16.6. The summed E-state index contributed by atoms with van der Waals surface area (Å²) < 4.78 is 10.5. The van der Waals surface area contributed by atoms with Crippen molar-refractivity contribution in [3.63, 3.8) is 0 Å². The molecule has 6 nitrogen and oxygen atoms in total. The summed E-state index contributed by atoms with van der Waals surface area (Å²) >= 11 is 0. The van der Waals surface area contributed by atoms with Gasteiger partial charge in [0.2, 0.25) is 0 Å². The van der Waals surface area contributed by atoms with Gasteiger partial charge in [-0.1, -0.05) is 24.8 Å². The van der Waals surface area contributed by atoms with E-state index in [2.05, 4.69) is 17.2 Å². The van der Waals surface area contributed by atoms with Gasteiger partial charge in [-0.05, 0) is 31.5 Å². The van der Waals surface area contributed by atoms with Crippen molar-refractivity contribution in [1.29, 1.82) is 0 Å². The van der Waals surface area contributed by atoms with E-state index in [1.807, 2.05) is 0 Å². The molecule has 0 spiro atoms. The van der Waals surface area contributed by atoms with Gasteiger partial charge < -0.3 is 20.1 Å². The molecule has 1 atom stereocenters. The van der Waals surface area contributed by atoms with Gasteiger partial charge in [-0.25, -0.2) is 9.59 Å². The van der Waals surface area contributed by atoms with Crippen LogP contribution in [0.5, 0.6) is 5.75 Å². The van der Waals surface area contributed by atoms with Gasteiger partial charge in [-0.2, -0.15) is 0 Å². The maximum atomic E-state index is 12.2. The van der Waals surface area contributed by atoms with E-state index in [0.29, 0.717) is 23.6 Å². The Morgan fingerprint density at radius 1 is 1.35 bits per heavy atom. The molecular formula is C17H20N2O4. The van der Waals surface area contributed by atoms with Gasteiger partial charge in [0.15, 0.2) is 0 Å². The molecule has 2 N–H and O–H groups in total. The Bertz CT molecular complexity index is 634. The van der Waals surface area contributed by atoms with Gasteiger partial charge in [-0.3, -0.25) is 0 Å². The summed E-state index contributed by atoms with van der Waals surface area (Å²) in [6.07, 6.45) is 1.66. The van der Waals surface area contributed by atoms with Gasteiger partial charge in [-0.15, -0.1) is 0 Å². The third-order valence-electron chi connectivity index (χ3n) is 3.35. The number of hydrogen-bond acceptors (Lipinski definition) is 4. The summed E-state index contributed by atoms with van der Waals surface area (Å²) in [6, 6.07) is 6.27. The SMILES string of the molecule is C=CCOc1ccc(C2NC(=O)NC(C)=C2C(=O)OCC)cc1. The molecule has 1 aromatic carbocycles. The summed E-state index contributed by atoms with van der Waals surface area (Å²) in [5, 5.41) is 5.35. The monoisotopic (exact) mass is 316 g/mol. The van der Waals surface area contributed by atoms with Gasteiger partial charge in [0.1, 0.15) is 12.4 Å². The average Bonchev–Trinajstić information content (AvgIpc) is 2.52.